The van der Waals surface area contributed by atoms with E-state index in [9.17, 15) is 9.59 Å². The van der Waals surface area contributed by atoms with Crippen molar-refractivity contribution in [1.82, 2.24) is 5.32 Å². The van der Waals surface area contributed by atoms with Crippen molar-refractivity contribution < 1.29 is 9.59 Å². The predicted molar refractivity (Wildman–Crippen MR) is 105 cm³/mol. The van der Waals surface area contributed by atoms with Gasteiger partial charge in [-0.3, -0.25) is 9.59 Å². The van der Waals surface area contributed by atoms with E-state index >= 15 is 0 Å². The Morgan fingerprint density at radius 3 is 2.36 bits per heavy atom. The van der Waals surface area contributed by atoms with E-state index in [0.717, 1.165) is 10.0 Å². The van der Waals surface area contributed by atoms with Gasteiger partial charge in [-0.1, -0.05) is 51.3 Å². The molecule has 1 N–H and O–H groups in total. The topological polar surface area (TPSA) is 49.4 Å². The van der Waals surface area contributed by atoms with Crippen molar-refractivity contribution in [2.45, 2.75) is 19.4 Å². The third-order valence-corrected chi connectivity index (χ3v) is 4.72. The van der Waals surface area contributed by atoms with E-state index in [2.05, 4.69) is 21.2 Å². The van der Waals surface area contributed by atoms with Crippen molar-refractivity contribution in [3.8, 4) is 0 Å². The van der Waals surface area contributed by atoms with Crippen molar-refractivity contribution in [1.29, 1.82) is 0 Å². The normalized spacial score (nSPS) is 11.7. The summed E-state index contributed by atoms with van der Waals surface area (Å²) in [6.07, 6.45) is 0.101. The Balaban J connectivity index is 2.20. The van der Waals surface area contributed by atoms with Crippen molar-refractivity contribution in [3.63, 3.8) is 0 Å². The van der Waals surface area contributed by atoms with E-state index in [0.29, 0.717) is 15.7 Å². The Morgan fingerprint density at radius 2 is 1.80 bits per heavy atom. The third-order valence-electron chi connectivity index (χ3n) is 3.67. The summed E-state index contributed by atoms with van der Waals surface area (Å²) in [6, 6.07) is 11.9. The number of anilines is 1. The van der Waals surface area contributed by atoms with Gasteiger partial charge in [0.05, 0.1) is 23.2 Å². The van der Waals surface area contributed by atoms with Crippen LogP contribution in [0.15, 0.2) is 46.9 Å². The lowest BCUT2D eigenvalue weighted by Gasteiger charge is -2.23. The number of hydrogen-bond donors (Lipinski definition) is 1. The average molecular weight is 444 g/mol. The van der Waals surface area contributed by atoms with Crippen LogP contribution in [0.3, 0.4) is 0 Å². The monoisotopic (exact) mass is 442 g/mol. The van der Waals surface area contributed by atoms with Gasteiger partial charge in [0.2, 0.25) is 11.8 Å². The van der Waals surface area contributed by atoms with Crippen LogP contribution >= 0.6 is 39.1 Å². The smallest absolute Gasteiger partial charge is 0.229 e. The van der Waals surface area contributed by atoms with Crippen LogP contribution in [0.4, 0.5) is 5.69 Å². The molecule has 0 fully saturated rings. The summed E-state index contributed by atoms with van der Waals surface area (Å²) in [4.78, 5) is 25.7. The number of amides is 2. The lowest BCUT2D eigenvalue weighted by atomic mass is 10.0. The van der Waals surface area contributed by atoms with Gasteiger partial charge in [-0.05, 0) is 35.9 Å². The van der Waals surface area contributed by atoms with Gasteiger partial charge < -0.3 is 10.2 Å². The molecule has 0 radical (unpaired) electrons. The van der Waals surface area contributed by atoms with E-state index in [1.165, 1.54) is 11.8 Å². The molecular weight excluding hydrogens is 427 g/mol. The molecule has 0 heterocycles. The molecule has 0 saturated heterocycles. The van der Waals surface area contributed by atoms with Crippen LogP contribution in [0.2, 0.25) is 10.0 Å². The van der Waals surface area contributed by atoms with Crippen LogP contribution in [-0.4, -0.2) is 18.9 Å². The summed E-state index contributed by atoms with van der Waals surface area (Å²) in [5, 5.41) is 3.87. The molecule has 1 atom stereocenters. The average Bonchev–Trinajstić information content (AvgIpc) is 2.54. The maximum atomic E-state index is 12.7. The first-order chi connectivity index (χ1) is 11.8. The number of hydrogen-bond acceptors (Lipinski definition) is 2. The summed E-state index contributed by atoms with van der Waals surface area (Å²) < 4.78 is 0.833. The highest BCUT2D eigenvalue weighted by molar-refractivity contribution is 9.10. The molecular formula is C18H17BrCl2N2O2. The summed E-state index contributed by atoms with van der Waals surface area (Å²) in [7, 11) is 1.66. The molecule has 25 heavy (non-hydrogen) atoms. The SMILES string of the molecule is CC(=O)NC(CC(=O)N(C)c1ccc(Br)cc1Cl)c1ccc(Cl)cc1. The van der Waals surface area contributed by atoms with Crippen molar-refractivity contribution >= 4 is 56.6 Å². The molecule has 2 rings (SSSR count). The Labute approximate surface area is 165 Å². The Bertz CT molecular complexity index is 781. The van der Waals surface area contributed by atoms with Crippen LogP contribution < -0.4 is 10.2 Å². The van der Waals surface area contributed by atoms with Crippen LogP contribution in [0.1, 0.15) is 24.9 Å². The minimum atomic E-state index is -0.445. The lowest BCUT2D eigenvalue weighted by Crippen LogP contribution is -2.34. The number of benzene rings is 2. The molecule has 1 unspecified atom stereocenters. The minimum Gasteiger partial charge on any atom is -0.349 e. The fourth-order valence-corrected chi connectivity index (χ4v) is 3.32. The zero-order chi connectivity index (χ0) is 18.6. The zero-order valence-electron chi connectivity index (χ0n) is 13.7. The van der Waals surface area contributed by atoms with Crippen LogP contribution in [0.5, 0.6) is 0 Å². The van der Waals surface area contributed by atoms with E-state index in [-0.39, 0.29) is 18.2 Å². The van der Waals surface area contributed by atoms with Gasteiger partial charge in [0.25, 0.3) is 0 Å². The molecule has 2 aromatic carbocycles. The first-order valence-electron chi connectivity index (χ1n) is 7.52. The molecule has 132 valence electrons. The first kappa shape index (κ1) is 19.8. The van der Waals surface area contributed by atoms with Gasteiger partial charge in [0.15, 0.2) is 0 Å². The van der Waals surface area contributed by atoms with Crippen molar-refractivity contribution in [3.05, 3.63) is 62.5 Å². The Morgan fingerprint density at radius 1 is 1.16 bits per heavy atom. The molecule has 0 spiro atoms. The number of rotatable bonds is 5. The van der Waals surface area contributed by atoms with Gasteiger partial charge in [0, 0.05) is 23.5 Å². The highest BCUT2D eigenvalue weighted by Crippen LogP contribution is 2.29. The number of nitrogens with one attached hydrogen (secondary N) is 1. The molecule has 0 saturated carbocycles. The number of carbonyl (C=O) groups excluding carboxylic acids is 2. The van der Waals surface area contributed by atoms with Crippen LogP contribution in [0, 0.1) is 0 Å². The van der Waals surface area contributed by atoms with Crippen LogP contribution in [-0.2, 0) is 9.59 Å². The fraction of sp³-hybridized carbons (Fsp3) is 0.222. The highest BCUT2D eigenvalue weighted by Gasteiger charge is 2.21. The molecule has 4 nitrogen and oxygen atoms in total. The predicted octanol–water partition coefficient (Wildman–Crippen LogP) is 4.99. The highest BCUT2D eigenvalue weighted by atomic mass is 79.9. The maximum Gasteiger partial charge on any atom is 0.229 e. The van der Waals surface area contributed by atoms with Gasteiger partial charge in [-0.15, -0.1) is 0 Å². The third kappa shape index (κ3) is 5.46. The van der Waals surface area contributed by atoms with Gasteiger partial charge in [-0.2, -0.15) is 0 Å². The maximum absolute atomic E-state index is 12.7. The number of nitrogens with zero attached hydrogens (tertiary/aromatic N) is 1. The van der Waals surface area contributed by atoms with E-state index in [1.807, 2.05) is 6.07 Å². The zero-order valence-corrected chi connectivity index (χ0v) is 16.8. The van der Waals surface area contributed by atoms with E-state index < -0.39 is 6.04 Å². The largest absolute Gasteiger partial charge is 0.349 e. The van der Waals surface area contributed by atoms with Gasteiger partial charge in [-0.25, -0.2) is 0 Å². The molecule has 0 bridgehead atoms. The van der Waals surface area contributed by atoms with E-state index in [4.69, 9.17) is 23.2 Å². The quantitative estimate of drug-likeness (QED) is 0.707. The number of halogens is 3. The Kier molecular flexibility index (Phi) is 6.87. The van der Waals surface area contributed by atoms with Crippen molar-refractivity contribution in [2.75, 3.05) is 11.9 Å². The summed E-state index contributed by atoms with van der Waals surface area (Å²) in [5.41, 5.74) is 1.41. The number of carbonyl (C=O) groups is 2. The molecule has 0 aromatic heterocycles. The Hall–Kier alpha value is -1.56. The summed E-state index contributed by atoms with van der Waals surface area (Å²) >= 11 is 15.5. The second-order valence-electron chi connectivity index (χ2n) is 5.56. The lowest BCUT2D eigenvalue weighted by molar-refractivity contribution is -0.121. The van der Waals surface area contributed by atoms with Gasteiger partial charge >= 0.3 is 0 Å². The molecule has 0 aliphatic heterocycles. The molecule has 0 aliphatic carbocycles. The summed E-state index contributed by atoms with van der Waals surface area (Å²) in [5.74, 6) is -0.380. The fourth-order valence-electron chi connectivity index (χ4n) is 2.39. The van der Waals surface area contributed by atoms with Crippen LogP contribution in [0.25, 0.3) is 0 Å². The first-order valence-corrected chi connectivity index (χ1v) is 9.07. The van der Waals surface area contributed by atoms with Gasteiger partial charge in [0.1, 0.15) is 0 Å². The molecule has 2 amide bonds. The second kappa shape index (κ2) is 8.70. The second-order valence-corrected chi connectivity index (χ2v) is 7.32. The van der Waals surface area contributed by atoms with E-state index in [1.54, 1.807) is 43.4 Å². The summed E-state index contributed by atoms with van der Waals surface area (Å²) in [6.45, 7) is 1.42. The minimum absolute atomic E-state index is 0.101. The standard InChI is InChI=1S/C18H17BrCl2N2O2/c1-11(24)22-16(12-3-6-14(20)7-4-12)10-18(25)23(2)17-8-5-13(19)9-15(17)21/h3-9,16H,10H2,1-2H3,(H,22,24). The molecule has 7 heteroatoms. The molecule has 0 aliphatic rings. The molecule has 2 aromatic rings. The van der Waals surface area contributed by atoms with Crippen molar-refractivity contribution in [2.24, 2.45) is 0 Å².